The second-order valence-electron chi connectivity index (χ2n) is 8.73. The number of carbonyl (C=O) groups is 2. The van der Waals surface area contributed by atoms with Crippen molar-refractivity contribution in [3.05, 3.63) is 64.7 Å². The Kier molecular flexibility index (Phi) is 9.94. The number of halogens is 1. The molecule has 0 bridgehead atoms. The van der Waals surface area contributed by atoms with Crippen LogP contribution < -0.4 is 9.62 Å². The summed E-state index contributed by atoms with van der Waals surface area (Å²) in [6.07, 6.45) is 1.54. The van der Waals surface area contributed by atoms with Crippen LogP contribution in [-0.2, 0) is 26.2 Å². The van der Waals surface area contributed by atoms with E-state index in [4.69, 9.17) is 11.6 Å². The maximum absolute atomic E-state index is 13.2. The maximum atomic E-state index is 13.2. The SMILES string of the molecule is Cc1cccc(N(CCCC(=O)N(Cc2ccccc2Cl)[C@@H](C)C(=O)NC(C)C)S(C)(=O)=O)c1. The summed E-state index contributed by atoms with van der Waals surface area (Å²) in [4.78, 5) is 27.4. The van der Waals surface area contributed by atoms with Crippen LogP contribution in [0.1, 0.15) is 44.7 Å². The zero-order valence-electron chi connectivity index (χ0n) is 20.4. The van der Waals surface area contributed by atoms with Gasteiger partial charge in [-0.3, -0.25) is 13.9 Å². The number of amides is 2. The van der Waals surface area contributed by atoms with Crippen LogP contribution in [0.5, 0.6) is 0 Å². The zero-order valence-corrected chi connectivity index (χ0v) is 22.0. The molecule has 0 radical (unpaired) electrons. The Morgan fingerprint density at radius 1 is 1.06 bits per heavy atom. The van der Waals surface area contributed by atoms with Crippen LogP contribution in [0.25, 0.3) is 0 Å². The number of carbonyl (C=O) groups excluding carboxylic acids is 2. The van der Waals surface area contributed by atoms with Gasteiger partial charge in [0.25, 0.3) is 0 Å². The molecule has 9 heteroatoms. The lowest BCUT2D eigenvalue weighted by molar-refractivity contribution is -0.140. The standard InChI is InChI=1S/C25H34ClN3O4S/c1-18(2)27-25(31)20(4)28(17-21-11-6-7-13-23(21)26)24(30)14-9-15-29(34(5,32)33)22-12-8-10-19(3)16-22/h6-8,10-13,16,18,20H,9,14-15,17H2,1-5H3,(H,27,31)/t20-/m0/s1. The minimum atomic E-state index is -3.52. The molecule has 7 nitrogen and oxygen atoms in total. The van der Waals surface area contributed by atoms with Crippen molar-refractivity contribution < 1.29 is 18.0 Å². The lowest BCUT2D eigenvalue weighted by atomic mass is 10.1. The van der Waals surface area contributed by atoms with Crippen molar-refractivity contribution in [2.24, 2.45) is 0 Å². The predicted molar refractivity (Wildman–Crippen MR) is 137 cm³/mol. The van der Waals surface area contributed by atoms with Gasteiger partial charge in [-0.1, -0.05) is 41.9 Å². The molecule has 0 spiro atoms. The first-order valence-electron chi connectivity index (χ1n) is 11.3. The average molecular weight is 508 g/mol. The smallest absolute Gasteiger partial charge is 0.242 e. The molecule has 0 heterocycles. The Bertz CT molecular complexity index is 1100. The lowest BCUT2D eigenvalue weighted by Crippen LogP contribution is -2.49. The molecule has 0 fully saturated rings. The molecule has 2 aromatic rings. The topological polar surface area (TPSA) is 86.8 Å². The predicted octanol–water partition coefficient (Wildman–Crippen LogP) is 4.14. The molecule has 1 N–H and O–H groups in total. The Balaban J connectivity index is 2.18. The number of hydrogen-bond acceptors (Lipinski definition) is 4. The van der Waals surface area contributed by atoms with E-state index >= 15 is 0 Å². The summed E-state index contributed by atoms with van der Waals surface area (Å²) < 4.78 is 26.1. The van der Waals surface area contributed by atoms with Crippen molar-refractivity contribution in [3.63, 3.8) is 0 Å². The third-order valence-corrected chi connectivity index (χ3v) is 6.90. The van der Waals surface area contributed by atoms with Gasteiger partial charge in [0.15, 0.2) is 0 Å². The van der Waals surface area contributed by atoms with Gasteiger partial charge in [0.1, 0.15) is 6.04 Å². The number of anilines is 1. The normalized spacial score (nSPS) is 12.3. The van der Waals surface area contributed by atoms with E-state index in [0.29, 0.717) is 17.1 Å². The quantitative estimate of drug-likeness (QED) is 0.495. The summed E-state index contributed by atoms with van der Waals surface area (Å²) in [6, 6.07) is 13.6. The van der Waals surface area contributed by atoms with E-state index in [9.17, 15) is 18.0 Å². The first kappa shape index (κ1) is 27.7. The number of rotatable bonds is 11. The fourth-order valence-electron chi connectivity index (χ4n) is 3.58. The molecule has 0 aromatic heterocycles. The van der Waals surface area contributed by atoms with Crippen molar-refractivity contribution in [3.8, 4) is 0 Å². The second kappa shape index (κ2) is 12.2. The highest BCUT2D eigenvalue weighted by molar-refractivity contribution is 7.92. The molecule has 0 saturated heterocycles. The van der Waals surface area contributed by atoms with Crippen molar-refractivity contribution >= 4 is 39.1 Å². The van der Waals surface area contributed by atoms with E-state index in [2.05, 4.69) is 5.32 Å². The highest BCUT2D eigenvalue weighted by Gasteiger charge is 2.27. The minimum absolute atomic E-state index is 0.0649. The Morgan fingerprint density at radius 2 is 1.74 bits per heavy atom. The van der Waals surface area contributed by atoms with Gasteiger partial charge in [-0.15, -0.1) is 0 Å². The Morgan fingerprint density at radius 3 is 2.32 bits per heavy atom. The fraction of sp³-hybridized carbons (Fsp3) is 0.440. The van der Waals surface area contributed by atoms with E-state index in [1.165, 1.54) is 9.21 Å². The van der Waals surface area contributed by atoms with Gasteiger partial charge < -0.3 is 10.2 Å². The molecule has 0 saturated carbocycles. The molecule has 0 aliphatic rings. The molecule has 2 amide bonds. The Labute approximate surface area is 208 Å². The molecule has 0 aliphatic heterocycles. The Hall–Kier alpha value is -2.58. The van der Waals surface area contributed by atoms with Crippen LogP contribution in [0.3, 0.4) is 0 Å². The van der Waals surface area contributed by atoms with Crippen LogP contribution >= 0.6 is 11.6 Å². The molecule has 34 heavy (non-hydrogen) atoms. The van der Waals surface area contributed by atoms with Gasteiger partial charge in [0.2, 0.25) is 21.8 Å². The third-order valence-electron chi connectivity index (χ3n) is 5.34. The molecular weight excluding hydrogens is 474 g/mol. The van der Waals surface area contributed by atoms with Gasteiger partial charge in [-0.05, 0) is 63.4 Å². The lowest BCUT2D eigenvalue weighted by Gasteiger charge is -2.30. The fourth-order valence-corrected chi connectivity index (χ4v) is 4.74. The van der Waals surface area contributed by atoms with Gasteiger partial charge >= 0.3 is 0 Å². The van der Waals surface area contributed by atoms with Crippen LogP contribution in [0.2, 0.25) is 5.02 Å². The average Bonchev–Trinajstić information content (AvgIpc) is 2.74. The van der Waals surface area contributed by atoms with E-state index < -0.39 is 16.1 Å². The number of hydrogen-bond donors (Lipinski definition) is 1. The van der Waals surface area contributed by atoms with Crippen molar-refractivity contribution in [1.29, 1.82) is 0 Å². The van der Waals surface area contributed by atoms with Crippen molar-refractivity contribution in [1.82, 2.24) is 10.2 Å². The molecule has 2 rings (SSSR count). The highest BCUT2D eigenvalue weighted by atomic mass is 35.5. The third kappa shape index (κ3) is 8.02. The number of aryl methyl sites for hydroxylation is 1. The van der Waals surface area contributed by atoms with Gasteiger partial charge in [0, 0.05) is 30.6 Å². The molecular formula is C25H34ClN3O4S. The summed E-state index contributed by atoms with van der Waals surface area (Å²) in [7, 11) is -3.52. The summed E-state index contributed by atoms with van der Waals surface area (Å²) in [5, 5.41) is 3.36. The summed E-state index contributed by atoms with van der Waals surface area (Å²) >= 11 is 6.31. The first-order valence-corrected chi connectivity index (χ1v) is 13.5. The van der Waals surface area contributed by atoms with Gasteiger partial charge in [-0.2, -0.15) is 0 Å². The number of sulfonamides is 1. The number of nitrogens with zero attached hydrogens (tertiary/aromatic N) is 2. The van der Waals surface area contributed by atoms with E-state index in [-0.39, 0.29) is 37.4 Å². The van der Waals surface area contributed by atoms with E-state index in [1.807, 2.05) is 39.0 Å². The van der Waals surface area contributed by atoms with Gasteiger partial charge in [-0.25, -0.2) is 8.42 Å². The monoisotopic (exact) mass is 507 g/mol. The van der Waals surface area contributed by atoms with Crippen LogP contribution in [0, 0.1) is 6.92 Å². The summed E-state index contributed by atoms with van der Waals surface area (Å²) in [6.45, 7) is 7.62. The largest absolute Gasteiger partial charge is 0.352 e. The van der Waals surface area contributed by atoms with E-state index in [1.54, 1.807) is 37.3 Å². The number of benzene rings is 2. The van der Waals surface area contributed by atoms with Gasteiger partial charge in [0.05, 0.1) is 11.9 Å². The van der Waals surface area contributed by atoms with Crippen molar-refractivity contribution in [2.45, 2.75) is 59.2 Å². The van der Waals surface area contributed by atoms with E-state index in [0.717, 1.165) is 17.4 Å². The zero-order chi connectivity index (χ0) is 25.5. The molecule has 0 aliphatic carbocycles. The molecule has 186 valence electrons. The summed E-state index contributed by atoms with van der Waals surface area (Å²) in [5.74, 6) is -0.503. The molecule has 0 unspecified atom stereocenters. The van der Waals surface area contributed by atoms with Crippen LogP contribution in [-0.4, -0.2) is 50.0 Å². The number of nitrogens with one attached hydrogen (secondary N) is 1. The molecule has 2 aromatic carbocycles. The minimum Gasteiger partial charge on any atom is -0.352 e. The van der Waals surface area contributed by atoms with Crippen LogP contribution in [0.4, 0.5) is 5.69 Å². The molecule has 1 atom stereocenters. The maximum Gasteiger partial charge on any atom is 0.242 e. The second-order valence-corrected chi connectivity index (χ2v) is 11.0. The summed E-state index contributed by atoms with van der Waals surface area (Å²) in [5.41, 5.74) is 2.24. The van der Waals surface area contributed by atoms with Crippen molar-refractivity contribution in [2.75, 3.05) is 17.1 Å². The van der Waals surface area contributed by atoms with Crippen LogP contribution in [0.15, 0.2) is 48.5 Å². The highest BCUT2D eigenvalue weighted by Crippen LogP contribution is 2.22. The first-order chi connectivity index (χ1) is 15.9.